The van der Waals surface area contributed by atoms with Gasteiger partial charge in [-0.05, 0) is 18.2 Å². The highest BCUT2D eigenvalue weighted by Gasteiger charge is 2.23. The highest BCUT2D eigenvalue weighted by atomic mass is 19.1. The number of anilines is 2. The molecule has 1 aliphatic heterocycles. The highest BCUT2D eigenvalue weighted by molar-refractivity contribution is 5.94. The van der Waals surface area contributed by atoms with Crippen LogP contribution in [-0.4, -0.2) is 59.5 Å². The third-order valence-corrected chi connectivity index (χ3v) is 4.03. The number of carbonyl (C=O) groups excluding carboxylic acids is 2. The lowest BCUT2D eigenvalue weighted by Gasteiger charge is -2.34. The molecule has 10 heteroatoms. The van der Waals surface area contributed by atoms with Gasteiger partial charge in [-0.1, -0.05) is 6.07 Å². The molecule has 0 spiro atoms. The van der Waals surface area contributed by atoms with Crippen LogP contribution in [0.25, 0.3) is 0 Å². The molecule has 0 bridgehead atoms. The molecule has 0 saturated carbocycles. The predicted octanol–water partition coefficient (Wildman–Crippen LogP) is 1.23. The Hall–Kier alpha value is -3.30. The Morgan fingerprint density at radius 1 is 1.00 bits per heavy atom. The molecule has 3 amide bonds. The summed E-state index contributed by atoms with van der Waals surface area (Å²) in [6.45, 7) is 1.60. The maximum absolute atomic E-state index is 13.5. The van der Waals surface area contributed by atoms with Gasteiger partial charge in [-0.2, -0.15) is 0 Å². The van der Waals surface area contributed by atoms with Crippen molar-refractivity contribution in [2.45, 2.75) is 0 Å². The van der Waals surface area contributed by atoms with Crippen LogP contribution in [0.5, 0.6) is 0 Å². The Labute approximate surface area is 154 Å². The molecule has 3 rings (SSSR count). The van der Waals surface area contributed by atoms with Crippen LogP contribution in [-0.2, 0) is 4.79 Å². The molecule has 1 fully saturated rings. The normalized spacial score (nSPS) is 14.0. The van der Waals surface area contributed by atoms with Crippen LogP contribution in [0.4, 0.5) is 25.2 Å². The van der Waals surface area contributed by atoms with Crippen LogP contribution in [0.1, 0.15) is 0 Å². The zero-order valence-electron chi connectivity index (χ0n) is 14.4. The lowest BCUT2D eigenvalue weighted by molar-refractivity contribution is -0.115. The maximum atomic E-state index is 13.5. The van der Waals surface area contributed by atoms with Crippen LogP contribution in [0.2, 0.25) is 0 Å². The van der Waals surface area contributed by atoms with E-state index in [1.807, 2.05) is 4.90 Å². The predicted molar refractivity (Wildman–Crippen MR) is 94.2 cm³/mol. The second-order valence-electron chi connectivity index (χ2n) is 5.83. The zero-order valence-corrected chi connectivity index (χ0v) is 14.4. The molecule has 2 N–H and O–H groups in total. The van der Waals surface area contributed by atoms with Gasteiger partial charge in [0.1, 0.15) is 17.3 Å². The lowest BCUT2D eigenvalue weighted by atomic mass is 10.3. The number of hydrogen-bond acceptors (Lipinski definition) is 5. The van der Waals surface area contributed by atoms with Gasteiger partial charge in [-0.15, -0.1) is 0 Å². The monoisotopic (exact) mass is 376 g/mol. The Morgan fingerprint density at radius 2 is 1.63 bits per heavy atom. The number of urea groups is 1. The molecule has 1 saturated heterocycles. The maximum Gasteiger partial charge on any atom is 0.317 e. The number of hydrogen-bond donors (Lipinski definition) is 2. The molecular weight excluding hydrogens is 358 g/mol. The standard InChI is InChI=1S/C17H18F2N6O2/c18-12-3-1-4-13(19)15(12)23-14(26)11-22-17(27)25-9-7-24(8-10-25)16-20-5-2-6-21-16/h1-6H,7-11H2,(H,22,27)(H,23,26). The van der Waals surface area contributed by atoms with Crippen LogP contribution in [0, 0.1) is 11.6 Å². The third-order valence-electron chi connectivity index (χ3n) is 4.03. The van der Waals surface area contributed by atoms with Crippen molar-refractivity contribution in [1.29, 1.82) is 0 Å². The molecule has 1 aliphatic rings. The summed E-state index contributed by atoms with van der Waals surface area (Å²) >= 11 is 0. The Kier molecular flexibility index (Phi) is 5.74. The summed E-state index contributed by atoms with van der Waals surface area (Å²) in [4.78, 5) is 35.9. The number of halogens is 2. The van der Waals surface area contributed by atoms with E-state index in [1.165, 1.54) is 6.07 Å². The minimum Gasteiger partial charge on any atom is -0.337 e. The SMILES string of the molecule is O=C(CNC(=O)N1CCN(c2ncccn2)CC1)Nc1c(F)cccc1F. The summed E-state index contributed by atoms with van der Waals surface area (Å²) in [6, 6.07) is 4.57. The van der Waals surface area contributed by atoms with E-state index in [-0.39, 0.29) is 0 Å². The van der Waals surface area contributed by atoms with E-state index in [0.717, 1.165) is 12.1 Å². The number of carbonyl (C=O) groups is 2. The second kappa shape index (κ2) is 8.39. The third kappa shape index (κ3) is 4.66. The van der Waals surface area contributed by atoms with Crippen molar-refractivity contribution in [1.82, 2.24) is 20.2 Å². The first kappa shape index (κ1) is 18.5. The number of aromatic nitrogens is 2. The van der Waals surface area contributed by atoms with E-state index in [0.29, 0.717) is 32.1 Å². The summed E-state index contributed by atoms with van der Waals surface area (Å²) in [5, 5.41) is 4.56. The first-order valence-corrected chi connectivity index (χ1v) is 8.33. The number of benzene rings is 1. The van der Waals surface area contributed by atoms with Gasteiger partial charge in [0.25, 0.3) is 0 Å². The summed E-state index contributed by atoms with van der Waals surface area (Å²) in [6.07, 6.45) is 3.30. The first-order valence-electron chi connectivity index (χ1n) is 8.33. The summed E-state index contributed by atoms with van der Waals surface area (Å²) in [5.74, 6) is -1.88. The van der Waals surface area contributed by atoms with Gasteiger partial charge in [-0.25, -0.2) is 23.5 Å². The fourth-order valence-electron chi connectivity index (χ4n) is 2.63. The fourth-order valence-corrected chi connectivity index (χ4v) is 2.63. The van der Waals surface area contributed by atoms with Gasteiger partial charge in [0.2, 0.25) is 11.9 Å². The molecule has 1 aromatic carbocycles. The quantitative estimate of drug-likeness (QED) is 0.838. The number of amides is 3. The van der Waals surface area contributed by atoms with Gasteiger partial charge in [0.05, 0.1) is 6.54 Å². The zero-order chi connectivity index (χ0) is 19.2. The molecule has 0 aliphatic carbocycles. The van der Waals surface area contributed by atoms with Crippen LogP contribution in [0.15, 0.2) is 36.7 Å². The molecule has 8 nitrogen and oxygen atoms in total. The van der Waals surface area contributed by atoms with E-state index in [1.54, 1.807) is 23.4 Å². The molecule has 0 unspecified atom stereocenters. The van der Waals surface area contributed by atoms with E-state index in [2.05, 4.69) is 20.6 Å². The van der Waals surface area contributed by atoms with Crippen molar-refractivity contribution < 1.29 is 18.4 Å². The molecule has 2 heterocycles. The highest BCUT2D eigenvalue weighted by Crippen LogP contribution is 2.17. The number of nitrogens with zero attached hydrogens (tertiary/aromatic N) is 4. The Bertz CT molecular complexity index is 792. The van der Waals surface area contributed by atoms with Crippen molar-refractivity contribution in [3.63, 3.8) is 0 Å². The van der Waals surface area contributed by atoms with Crippen molar-refractivity contribution in [3.05, 3.63) is 48.3 Å². The average molecular weight is 376 g/mol. The van der Waals surface area contributed by atoms with Crippen molar-refractivity contribution in [3.8, 4) is 0 Å². The average Bonchev–Trinajstić information content (AvgIpc) is 2.70. The number of para-hydroxylation sites is 1. The van der Waals surface area contributed by atoms with E-state index < -0.39 is 35.8 Å². The minimum absolute atomic E-state index is 0.394. The molecule has 27 heavy (non-hydrogen) atoms. The number of nitrogens with one attached hydrogen (secondary N) is 2. The van der Waals surface area contributed by atoms with Gasteiger partial charge in [0.15, 0.2) is 0 Å². The van der Waals surface area contributed by atoms with Gasteiger partial charge in [-0.3, -0.25) is 4.79 Å². The summed E-state index contributed by atoms with van der Waals surface area (Å²) in [5.41, 5.74) is -0.534. The summed E-state index contributed by atoms with van der Waals surface area (Å²) in [7, 11) is 0. The van der Waals surface area contributed by atoms with E-state index >= 15 is 0 Å². The van der Waals surface area contributed by atoms with Gasteiger partial charge < -0.3 is 20.4 Å². The first-order chi connectivity index (χ1) is 13.0. The molecular formula is C17H18F2N6O2. The Morgan fingerprint density at radius 3 is 2.26 bits per heavy atom. The van der Waals surface area contributed by atoms with Crippen molar-refractivity contribution in [2.75, 3.05) is 42.9 Å². The summed E-state index contributed by atoms with van der Waals surface area (Å²) < 4.78 is 27.0. The van der Waals surface area contributed by atoms with Crippen molar-refractivity contribution >= 4 is 23.6 Å². The van der Waals surface area contributed by atoms with Crippen LogP contribution >= 0.6 is 0 Å². The second-order valence-corrected chi connectivity index (χ2v) is 5.83. The van der Waals surface area contributed by atoms with Gasteiger partial charge in [0, 0.05) is 38.6 Å². The molecule has 142 valence electrons. The Balaban J connectivity index is 1.45. The number of piperazine rings is 1. The van der Waals surface area contributed by atoms with E-state index in [4.69, 9.17) is 0 Å². The van der Waals surface area contributed by atoms with Gasteiger partial charge >= 0.3 is 6.03 Å². The molecule has 0 radical (unpaired) electrons. The van der Waals surface area contributed by atoms with E-state index in [9.17, 15) is 18.4 Å². The number of rotatable bonds is 4. The van der Waals surface area contributed by atoms with Crippen LogP contribution in [0.3, 0.4) is 0 Å². The fraction of sp³-hybridized carbons (Fsp3) is 0.294. The molecule has 2 aromatic rings. The van der Waals surface area contributed by atoms with Crippen LogP contribution < -0.4 is 15.5 Å². The smallest absolute Gasteiger partial charge is 0.317 e. The molecule has 0 atom stereocenters. The molecule has 1 aromatic heterocycles. The minimum atomic E-state index is -0.881. The topological polar surface area (TPSA) is 90.5 Å². The largest absolute Gasteiger partial charge is 0.337 e. The van der Waals surface area contributed by atoms with Crippen molar-refractivity contribution in [2.24, 2.45) is 0 Å². The lowest BCUT2D eigenvalue weighted by Crippen LogP contribution is -2.53.